The van der Waals surface area contributed by atoms with Gasteiger partial charge in [0.25, 0.3) is 5.91 Å². The maximum atomic E-state index is 12.9. The van der Waals surface area contributed by atoms with Crippen molar-refractivity contribution >= 4 is 17.6 Å². The Morgan fingerprint density at radius 2 is 1.97 bits per heavy atom. The van der Waals surface area contributed by atoms with Gasteiger partial charge in [-0.2, -0.15) is 0 Å². The summed E-state index contributed by atoms with van der Waals surface area (Å²) in [7, 11) is 0. The zero-order valence-corrected chi connectivity index (χ0v) is 17.9. The summed E-state index contributed by atoms with van der Waals surface area (Å²) in [5.74, 6) is 0.167. The minimum absolute atomic E-state index is 0.101. The molecular formula is C24H30N2O4. The summed E-state index contributed by atoms with van der Waals surface area (Å²) >= 11 is 0. The molecule has 4 rings (SSSR count). The lowest BCUT2D eigenvalue weighted by Gasteiger charge is -2.39. The normalized spacial score (nSPS) is 24.5. The number of benzene rings is 1. The predicted octanol–water partition coefficient (Wildman–Crippen LogP) is 4.48. The van der Waals surface area contributed by atoms with E-state index in [9.17, 15) is 9.59 Å². The first-order valence-corrected chi connectivity index (χ1v) is 10.6. The first kappa shape index (κ1) is 20.5. The highest BCUT2D eigenvalue weighted by molar-refractivity contribution is 5.96. The third-order valence-corrected chi connectivity index (χ3v) is 6.24. The summed E-state index contributed by atoms with van der Waals surface area (Å²) in [5, 5.41) is 3.19. The maximum absolute atomic E-state index is 12.9. The van der Waals surface area contributed by atoms with Crippen LogP contribution in [0.3, 0.4) is 0 Å². The summed E-state index contributed by atoms with van der Waals surface area (Å²) in [6.45, 7) is 7.80. The van der Waals surface area contributed by atoms with Crippen LogP contribution in [0.25, 0.3) is 0 Å². The second-order valence-electron chi connectivity index (χ2n) is 9.79. The molecule has 2 aliphatic rings. The SMILES string of the molecule is CC1(C)C[C@@H]2C[C@@](C)(CN2C(=O)COC(=O)c2ccccc2NCc2ccco2)C1. The fourth-order valence-corrected chi connectivity index (χ4v) is 5.45. The van der Waals surface area contributed by atoms with Gasteiger partial charge in [0.05, 0.1) is 18.4 Å². The Balaban J connectivity index is 1.37. The molecule has 1 aromatic carbocycles. The van der Waals surface area contributed by atoms with Gasteiger partial charge in [0.1, 0.15) is 5.76 Å². The molecule has 1 aliphatic carbocycles. The molecule has 0 spiro atoms. The monoisotopic (exact) mass is 410 g/mol. The number of carbonyl (C=O) groups is 2. The molecule has 6 heteroatoms. The van der Waals surface area contributed by atoms with Crippen LogP contribution in [0.4, 0.5) is 5.69 Å². The highest BCUT2D eigenvalue weighted by Crippen LogP contribution is 2.52. The molecule has 2 bridgehead atoms. The number of carbonyl (C=O) groups excluding carboxylic acids is 2. The molecular weight excluding hydrogens is 380 g/mol. The molecule has 1 aliphatic heterocycles. The van der Waals surface area contributed by atoms with E-state index in [-0.39, 0.29) is 29.4 Å². The van der Waals surface area contributed by atoms with E-state index in [2.05, 4.69) is 26.1 Å². The van der Waals surface area contributed by atoms with Crippen molar-refractivity contribution in [1.82, 2.24) is 4.90 Å². The third kappa shape index (κ3) is 4.37. The van der Waals surface area contributed by atoms with Crippen LogP contribution in [0, 0.1) is 10.8 Å². The summed E-state index contributed by atoms with van der Waals surface area (Å²) in [6, 6.07) is 11.1. The van der Waals surface area contributed by atoms with Crippen molar-refractivity contribution in [1.29, 1.82) is 0 Å². The van der Waals surface area contributed by atoms with Gasteiger partial charge in [0, 0.05) is 18.3 Å². The fraction of sp³-hybridized carbons (Fsp3) is 0.500. The third-order valence-electron chi connectivity index (χ3n) is 6.24. The standard InChI is InChI=1S/C24H30N2O4/c1-23(2)11-17-12-24(3,15-23)16-26(17)21(27)14-30-22(28)19-8-4-5-9-20(19)25-13-18-7-6-10-29-18/h4-10,17,25H,11-16H2,1-3H3/t17-,24-/m1/s1. The second kappa shape index (κ2) is 7.82. The van der Waals surface area contributed by atoms with Crippen LogP contribution < -0.4 is 5.32 Å². The van der Waals surface area contributed by atoms with Gasteiger partial charge in [0.2, 0.25) is 0 Å². The number of amides is 1. The molecule has 1 amide bonds. The molecule has 1 aromatic heterocycles. The molecule has 1 N–H and O–H groups in total. The number of fused-ring (bicyclic) bond motifs is 2. The van der Waals surface area contributed by atoms with E-state index in [1.54, 1.807) is 18.4 Å². The van der Waals surface area contributed by atoms with Gasteiger partial charge in [-0.15, -0.1) is 0 Å². The number of para-hydroxylation sites is 1. The van der Waals surface area contributed by atoms with Gasteiger partial charge in [-0.05, 0) is 54.4 Å². The molecule has 1 saturated carbocycles. The van der Waals surface area contributed by atoms with Crippen molar-refractivity contribution in [2.75, 3.05) is 18.5 Å². The number of esters is 1. The zero-order valence-electron chi connectivity index (χ0n) is 17.9. The number of likely N-dealkylation sites (tertiary alicyclic amines) is 1. The number of hydrogen-bond acceptors (Lipinski definition) is 5. The minimum atomic E-state index is -0.500. The van der Waals surface area contributed by atoms with Crippen LogP contribution in [0.1, 0.15) is 56.2 Å². The van der Waals surface area contributed by atoms with Crippen LogP contribution in [-0.4, -0.2) is 36.0 Å². The lowest BCUT2D eigenvalue weighted by atomic mass is 9.65. The van der Waals surface area contributed by atoms with Crippen LogP contribution >= 0.6 is 0 Å². The number of hydrogen-bond donors (Lipinski definition) is 1. The van der Waals surface area contributed by atoms with Crippen molar-refractivity contribution in [3.63, 3.8) is 0 Å². The van der Waals surface area contributed by atoms with E-state index in [4.69, 9.17) is 9.15 Å². The van der Waals surface area contributed by atoms with Gasteiger partial charge in [-0.25, -0.2) is 4.79 Å². The number of nitrogens with zero attached hydrogens (tertiary/aromatic N) is 1. The number of rotatable bonds is 6. The molecule has 160 valence electrons. The summed E-state index contributed by atoms with van der Waals surface area (Å²) in [5.41, 5.74) is 1.46. The largest absolute Gasteiger partial charge is 0.467 e. The zero-order chi connectivity index (χ0) is 21.4. The van der Waals surface area contributed by atoms with Gasteiger partial charge in [-0.3, -0.25) is 4.79 Å². The summed E-state index contributed by atoms with van der Waals surface area (Å²) in [6.07, 6.45) is 4.77. The molecule has 2 atom stereocenters. The number of nitrogens with one attached hydrogen (secondary N) is 1. The van der Waals surface area contributed by atoms with Crippen LogP contribution in [0.5, 0.6) is 0 Å². The quantitative estimate of drug-likeness (QED) is 0.711. The topological polar surface area (TPSA) is 71.8 Å². The Hall–Kier alpha value is -2.76. The lowest BCUT2D eigenvalue weighted by molar-refractivity contribution is -0.135. The Morgan fingerprint density at radius 3 is 2.73 bits per heavy atom. The summed E-state index contributed by atoms with van der Waals surface area (Å²) < 4.78 is 10.7. The number of anilines is 1. The van der Waals surface area contributed by atoms with Gasteiger partial charge in [-0.1, -0.05) is 32.9 Å². The number of ether oxygens (including phenoxy) is 1. The smallest absolute Gasteiger partial charge is 0.340 e. The molecule has 2 fully saturated rings. The predicted molar refractivity (Wildman–Crippen MR) is 114 cm³/mol. The average molecular weight is 411 g/mol. The van der Waals surface area contributed by atoms with Gasteiger partial charge < -0.3 is 19.4 Å². The van der Waals surface area contributed by atoms with E-state index in [0.717, 1.165) is 31.6 Å². The molecule has 2 heterocycles. The van der Waals surface area contributed by atoms with Crippen molar-refractivity contribution in [3.8, 4) is 0 Å². The van der Waals surface area contributed by atoms with Crippen LogP contribution in [0.2, 0.25) is 0 Å². The first-order valence-electron chi connectivity index (χ1n) is 10.6. The lowest BCUT2D eigenvalue weighted by Crippen LogP contribution is -2.39. The van der Waals surface area contributed by atoms with E-state index in [1.807, 2.05) is 29.2 Å². The molecule has 1 saturated heterocycles. The Bertz CT molecular complexity index is 921. The Labute approximate surface area is 177 Å². The molecule has 6 nitrogen and oxygen atoms in total. The van der Waals surface area contributed by atoms with Crippen molar-refractivity contribution in [3.05, 3.63) is 54.0 Å². The second-order valence-corrected chi connectivity index (χ2v) is 9.79. The molecule has 0 radical (unpaired) electrons. The minimum Gasteiger partial charge on any atom is -0.467 e. The van der Waals surface area contributed by atoms with E-state index >= 15 is 0 Å². The van der Waals surface area contributed by atoms with Gasteiger partial charge >= 0.3 is 5.97 Å². The Morgan fingerprint density at radius 1 is 1.17 bits per heavy atom. The van der Waals surface area contributed by atoms with E-state index in [0.29, 0.717) is 17.8 Å². The van der Waals surface area contributed by atoms with E-state index < -0.39 is 5.97 Å². The highest BCUT2D eigenvalue weighted by Gasteiger charge is 2.50. The van der Waals surface area contributed by atoms with Crippen LogP contribution in [0.15, 0.2) is 47.1 Å². The fourth-order valence-electron chi connectivity index (χ4n) is 5.45. The van der Waals surface area contributed by atoms with Crippen molar-refractivity contribution in [2.24, 2.45) is 10.8 Å². The van der Waals surface area contributed by atoms with Gasteiger partial charge in [0.15, 0.2) is 6.61 Å². The molecule has 30 heavy (non-hydrogen) atoms. The first-order chi connectivity index (χ1) is 14.2. The summed E-state index contributed by atoms with van der Waals surface area (Å²) in [4.78, 5) is 27.5. The maximum Gasteiger partial charge on any atom is 0.340 e. The molecule has 0 unspecified atom stereocenters. The molecule has 2 aromatic rings. The highest BCUT2D eigenvalue weighted by atomic mass is 16.5. The van der Waals surface area contributed by atoms with Crippen molar-refractivity contribution in [2.45, 2.75) is 52.6 Å². The average Bonchev–Trinajstić information content (AvgIpc) is 3.29. The van der Waals surface area contributed by atoms with Crippen molar-refractivity contribution < 1.29 is 18.7 Å². The number of furan rings is 1. The Kier molecular flexibility index (Phi) is 5.35. The van der Waals surface area contributed by atoms with Crippen LogP contribution in [-0.2, 0) is 16.1 Å². The van der Waals surface area contributed by atoms with E-state index in [1.165, 1.54) is 0 Å².